The lowest BCUT2D eigenvalue weighted by atomic mass is 9.93. The SMILES string of the molecule is CNCCC1CCN(C(=O)c2cc(C)ccc2N2CCCC2)CC1. The molecular weight excluding hydrogens is 298 g/mol. The van der Waals surface area contributed by atoms with Crippen molar-refractivity contribution in [3.05, 3.63) is 29.3 Å². The van der Waals surface area contributed by atoms with E-state index in [0.717, 1.165) is 62.7 Å². The highest BCUT2D eigenvalue weighted by Gasteiger charge is 2.26. The largest absolute Gasteiger partial charge is 0.371 e. The number of anilines is 1. The van der Waals surface area contributed by atoms with Gasteiger partial charge in [0.1, 0.15) is 0 Å². The van der Waals surface area contributed by atoms with Gasteiger partial charge in [-0.2, -0.15) is 0 Å². The van der Waals surface area contributed by atoms with E-state index in [9.17, 15) is 4.79 Å². The van der Waals surface area contributed by atoms with Crippen LogP contribution in [0, 0.1) is 12.8 Å². The number of rotatable bonds is 5. The quantitative estimate of drug-likeness (QED) is 0.902. The number of hydrogen-bond donors (Lipinski definition) is 1. The van der Waals surface area contributed by atoms with E-state index in [0.29, 0.717) is 0 Å². The Morgan fingerprint density at radius 1 is 1.17 bits per heavy atom. The Bertz CT molecular complexity index is 558. The predicted octanol–water partition coefficient (Wildman–Crippen LogP) is 3.06. The molecule has 0 unspecified atom stereocenters. The average Bonchev–Trinajstić information content (AvgIpc) is 3.14. The minimum Gasteiger partial charge on any atom is -0.371 e. The van der Waals surface area contributed by atoms with E-state index in [4.69, 9.17) is 0 Å². The third-order valence-corrected chi connectivity index (χ3v) is 5.53. The number of benzene rings is 1. The molecule has 0 aromatic heterocycles. The number of nitrogens with one attached hydrogen (secondary N) is 1. The molecule has 1 amide bonds. The maximum atomic E-state index is 13.1. The van der Waals surface area contributed by atoms with Crippen molar-refractivity contribution in [2.24, 2.45) is 5.92 Å². The van der Waals surface area contributed by atoms with Gasteiger partial charge in [-0.1, -0.05) is 11.6 Å². The highest BCUT2D eigenvalue weighted by molar-refractivity contribution is 6.00. The first kappa shape index (κ1) is 17.3. The second-order valence-electron chi connectivity index (χ2n) is 7.34. The van der Waals surface area contributed by atoms with Gasteiger partial charge in [0.05, 0.1) is 5.56 Å². The summed E-state index contributed by atoms with van der Waals surface area (Å²) in [5.74, 6) is 0.990. The third-order valence-electron chi connectivity index (χ3n) is 5.53. The zero-order valence-corrected chi connectivity index (χ0v) is 15.2. The number of hydrogen-bond acceptors (Lipinski definition) is 3. The zero-order chi connectivity index (χ0) is 16.9. The Hall–Kier alpha value is -1.55. The molecule has 2 heterocycles. The molecule has 1 aromatic rings. The fraction of sp³-hybridized carbons (Fsp3) is 0.650. The number of piperidine rings is 1. The molecule has 0 radical (unpaired) electrons. The van der Waals surface area contributed by atoms with Gasteiger partial charge in [0, 0.05) is 31.9 Å². The van der Waals surface area contributed by atoms with Crippen molar-refractivity contribution in [1.29, 1.82) is 0 Å². The van der Waals surface area contributed by atoms with Crippen molar-refractivity contribution in [3.63, 3.8) is 0 Å². The van der Waals surface area contributed by atoms with E-state index < -0.39 is 0 Å². The second kappa shape index (κ2) is 8.02. The summed E-state index contributed by atoms with van der Waals surface area (Å²) in [5, 5.41) is 3.23. The van der Waals surface area contributed by atoms with Crippen LogP contribution in [-0.2, 0) is 0 Å². The molecule has 24 heavy (non-hydrogen) atoms. The lowest BCUT2D eigenvalue weighted by Gasteiger charge is -2.33. The summed E-state index contributed by atoms with van der Waals surface area (Å²) in [6, 6.07) is 6.37. The summed E-state index contributed by atoms with van der Waals surface area (Å²) in [6.07, 6.45) is 5.97. The minimum absolute atomic E-state index is 0.229. The number of carbonyl (C=O) groups is 1. The second-order valence-corrected chi connectivity index (χ2v) is 7.34. The first-order chi connectivity index (χ1) is 11.7. The highest BCUT2D eigenvalue weighted by Crippen LogP contribution is 2.28. The van der Waals surface area contributed by atoms with Crippen molar-refractivity contribution < 1.29 is 4.79 Å². The van der Waals surface area contributed by atoms with Crippen LogP contribution in [0.2, 0.25) is 0 Å². The molecule has 2 aliphatic rings. The maximum Gasteiger partial charge on any atom is 0.255 e. The van der Waals surface area contributed by atoms with Gasteiger partial charge in [-0.15, -0.1) is 0 Å². The van der Waals surface area contributed by atoms with Gasteiger partial charge in [-0.25, -0.2) is 0 Å². The number of nitrogens with zero attached hydrogens (tertiary/aromatic N) is 2. The monoisotopic (exact) mass is 329 g/mol. The molecule has 4 heteroatoms. The summed E-state index contributed by atoms with van der Waals surface area (Å²) in [7, 11) is 2.01. The number of carbonyl (C=O) groups excluding carboxylic acids is 1. The molecule has 1 N–H and O–H groups in total. The Balaban J connectivity index is 1.70. The van der Waals surface area contributed by atoms with Crippen LogP contribution in [0.15, 0.2) is 18.2 Å². The molecule has 2 saturated heterocycles. The average molecular weight is 329 g/mol. The Kier molecular flexibility index (Phi) is 5.77. The number of amides is 1. The molecule has 2 aliphatic heterocycles. The molecule has 4 nitrogen and oxygen atoms in total. The minimum atomic E-state index is 0.229. The van der Waals surface area contributed by atoms with Gasteiger partial charge in [0.15, 0.2) is 0 Å². The van der Waals surface area contributed by atoms with Gasteiger partial charge in [-0.05, 0) is 70.7 Å². The molecular formula is C20H31N3O. The lowest BCUT2D eigenvalue weighted by Crippen LogP contribution is -2.39. The smallest absolute Gasteiger partial charge is 0.255 e. The van der Waals surface area contributed by atoms with Crippen LogP contribution in [0.4, 0.5) is 5.69 Å². The van der Waals surface area contributed by atoms with Crippen molar-refractivity contribution in [1.82, 2.24) is 10.2 Å². The lowest BCUT2D eigenvalue weighted by molar-refractivity contribution is 0.0687. The van der Waals surface area contributed by atoms with Crippen LogP contribution in [-0.4, -0.2) is 50.6 Å². The zero-order valence-electron chi connectivity index (χ0n) is 15.2. The van der Waals surface area contributed by atoms with E-state index >= 15 is 0 Å². The highest BCUT2D eigenvalue weighted by atomic mass is 16.2. The molecule has 0 spiro atoms. The van der Waals surface area contributed by atoms with E-state index in [1.54, 1.807) is 0 Å². The van der Waals surface area contributed by atoms with Gasteiger partial charge in [0.25, 0.3) is 5.91 Å². The van der Waals surface area contributed by atoms with Gasteiger partial charge in [0.2, 0.25) is 0 Å². The maximum absolute atomic E-state index is 13.1. The number of aryl methyl sites for hydroxylation is 1. The predicted molar refractivity (Wildman–Crippen MR) is 99.8 cm³/mol. The van der Waals surface area contributed by atoms with Crippen LogP contribution in [0.1, 0.15) is 48.0 Å². The van der Waals surface area contributed by atoms with Crippen LogP contribution < -0.4 is 10.2 Å². The van der Waals surface area contributed by atoms with Gasteiger partial charge in [-0.3, -0.25) is 4.79 Å². The van der Waals surface area contributed by atoms with E-state index in [2.05, 4.69) is 40.2 Å². The topological polar surface area (TPSA) is 35.6 Å². The summed E-state index contributed by atoms with van der Waals surface area (Å²) in [6.45, 7) is 7.12. The molecule has 0 aliphatic carbocycles. The first-order valence-corrected chi connectivity index (χ1v) is 9.48. The Morgan fingerprint density at radius 2 is 1.88 bits per heavy atom. The van der Waals surface area contributed by atoms with E-state index in [1.807, 2.05) is 7.05 Å². The van der Waals surface area contributed by atoms with Crippen molar-refractivity contribution >= 4 is 11.6 Å². The van der Waals surface area contributed by atoms with Gasteiger partial charge >= 0.3 is 0 Å². The Labute approximate surface area is 146 Å². The molecule has 0 atom stereocenters. The summed E-state index contributed by atoms with van der Waals surface area (Å²) >= 11 is 0. The third kappa shape index (κ3) is 3.92. The van der Waals surface area contributed by atoms with Crippen molar-refractivity contribution in [2.45, 2.75) is 39.0 Å². The van der Waals surface area contributed by atoms with Crippen LogP contribution >= 0.6 is 0 Å². The Morgan fingerprint density at radius 3 is 2.54 bits per heavy atom. The van der Waals surface area contributed by atoms with E-state index in [-0.39, 0.29) is 5.91 Å². The van der Waals surface area contributed by atoms with Crippen LogP contribution in [0.5, 0.6) is 0 Å². The van der Waals surface area contributed by atoms with Crippen LogP contribution in [0.3, 0.4) is 0 Å². The fourth-order valence-corrected chi connectivity index (χ4v) is 4.00. The first-order valence-electron chi connectivity index (χ1n) is 9.48. The molecule has 0 bridgehead atoms. The summed E-state index contributed by atoms with van der Waals surface area (Å²) in [5.41, 5.74) is 3.22. The fourth-order valence-electron chi connectivity index (χ4n) is 4.00. The summed E-state index contributed by atoms with van der Waals surface area (Å²) in [4.78, 5) is 17.6. The normalized spacial score (nSPS) is 19.1. The van der Waals surface area contributed by atoms with E-state index in [1.165, 1.54) is 24.8 Å². The van der Waals surface area contributed by atoms with Crippen LogP contribution in [0.25, 0.3) is 0 Å². The molecule has 2 fully saturated rings. The standard InChI is InChI=1S/C20H31N3O/c1-16-5-6-19(22-11-3-4-12-22)18(15-16)20(24)23-13-8-17(9-14-23)7-10-21-2/h5-6,15,17,21H,3-4,7-14H2,1-2H3. The number of likely N-dealkylation sites (tertiary alicyclic amines) is 1. The molecule has 3 rings (SSSR count). The van der Waals surface area contributed by atoms with Crippen molar-refractivity contribution in [3.8, 4) is 0 Å². The van der Waals surface area contributed by atoms with Crippen molar-refractivity contribution in [2.75, 3.05) is 44.7 Å². The summed E-state index contributed by atoms with van der Waals surface area (Å²) < 4.78 is 0. The molecule has 132 valence electrons. The molecule has 1 aromatic carbocycles. The van der Waals surface area contributed by atoms with Gasteiger partial charge < -0.3 is 15.1 Å². The molecule has 0 saturated carbocycles.